The van der Waals surface area contributed by atoms with E-state index < -0.39 is 0 Å². The summed E-state index contributed by atoms with van der Waals surface area (Å²) in [5.74, 6) is 0.459. The van der Waals surface area contributed by atoms with E-state index in [4.69, 9.17) is 4.74 Å². The lowest BCUT2D eigenvalue weighted by Crippen LogP contribution is -2.03. The predicted molar refractivity (Wildman–Crippen MR) is 83.2 cm³/mol. The van der Waals surface area contributed by atoms with Gasteiger partial charge >= 0.3 is 5.97 Å². The van der Waals surface area contributed by atoms with Crippen molar-refractivity contribution in [3.63, 3.8) is 0 Å². The summed E-state index contributed by atoms with van der Waals surface area (Å²) in [4.78, 5) is 11.6. The van der Waals surface area contributed by atoms with Gasteiger partial charge in [-0.15, -0.1) is 0 Å². The SMILES string of the molecule is CCC(C)C/C=C(C)/C=C/OC(=O)Cc1ccccc1. The Balaban J connectivity index is 2.35. The van der Waals surface area contributed by atoms with Gasteiger partial charge < -0.3 is 4.74 Å². The lowest BCUT2D eigenvalue weighted by atomic mass is 10.0. The van der Waals surface area contributed by atoms with Crippen LogP contribution in [-0.4, -0.2) is 5.97 Å². The van der Waals surface area contributed by atoms with Crippen molar-refractivity contribution in [2.24, 2.45) is 5.92 Å². The van der Waals surface area contributed by atoms with Gasteiger partial charge in [-0.3, -0.25) is 4.79 Å². The number of esters is 1. The van der Waals surface area contributed by atoms with E-state index in [1.54, 1.807) is 0 Å². The fraction of sp³-hybridized carbons (Fsp3) is 0.389. The molecule has 1 aromatic carbocycles. The molecule has 2 heteroatoms. The van der Waals surface area contributed by atoms with Gasteiger partial charge in [0.15, 0.2) is 0 Å². The fourth-order valence-corrected chi connectivity index (χ4v) is 1.64. The third-order valence-electron chi connectivity index (χ3n) is 3.26. The molecule has 0 aliphatic heterocycles. The molecule has 2 nitrogen and oxygen atoms in total. The van der Waals surface area contributed by atoms with Crippen molar-refractivity contribution < 1.29 is 9.53 Å². The third kappa shape index (κ3) is 6.93. The number of allylic oxidation sites excluding steroid dienone is 3. The maximum Gasteiger partial charge on any atom is 0.315 e. The van der Waals surface area contributed by atoms with Gasteiger partial charge in [0, 0.05) is 0 Å². The van der Waals surface area contributed by atoms with Crippen LogP contribution in [0.5, 0.6) is 0 Å². The number of benzene rings is 1. The van der Waals surface area contributed by atoms with Crippen LogP contribution in [0.4, 0.5) is 0 Å². The molecule has 0 N–H and O–H groups in total. The number of ether oxygens (including phenoxy) is 1. The zero-order valence-corrected chi connectivity index (χ0v) is 12.6. The molecule has 0 bridgehead atoms. The van der Waals surface area contributed by atoms with Crippen LogP contribution in [0.3, 0.4) is 0 Å². The van der Waals surface area contributed by atoms with Gasteiger partial charge in [0.2, 0.25) is 0 Å². The van der Waals surface area contributed by atoms with Crippen molar-refractivity contribution in [2.75, 3.05) is 0 Å². The zero-order valence-electron chi connectivity index (χ0n) is 12.6. The highest BCUT2D eigenvalue weighted by Gasteiger charge is 2.02. The average Bonchev–Trinajstić information content (AvgIpc) is 2.45. The van der Waals surface area contributed by atoms with Crippen molar-refractivity contribution in [3.8, 4) is 0 Å². The van der Waals surface area contributed by atoms with Gasteiger partial charge in [-0.1, -0.05) is 62.2 Å². The van der Waals surface area contributed by atoms with E-state index in [2.05, 4.69) is 19.9 Å². The molecule has 1 atom stereocenters. The number of hydrogen-bond acceptors (Lipinski definition) is 2. The molecule has 0 fully saturated rings. The smallest absolute Gasteiger partial charge is 0.315 e. The minimum atomic E-state index is -0.234. The van der Waals surface area contributed by atoms with Crippen LogP contribution >= 0.6 is 0 Å². The third-order valence-corrected chi connectivity index (χ3v) is 3.26. The normalized spacial score (nSPS) is 13.4. The van der Waals surface area contributed by atoms with E-state index in [1.807, 2.05) is 43.3 Å². The highest BCUT2D eigenvalue weighted by molar-refractivity contribution is 5.73. The molecule has 0 saturated carbocycles. The quantitative estimate of drug-likeness (QED) is 0.409. The Morgan fingerprint density at radius 1 is 1.30 bits per heavy atom. The largest absolute Gasteiger partial charge is 0.434 e. The summed E-state index contributed by atoms with van der Waals surface area (Å²) >= 11 is 0. The Morgan fingerprint density at radius 3 is 2.65 bits per heavy atom. The summed E-state index contributed by atoms with van der Waals surface area (Å²) in [5, 5.41) is 0. The second-order valence-corrected chi connectivity index (χ2v) is 5.15. The number of hydrogen-bond donors (Lipinski definition) is 0. The van der Waals surface area contributed by atoms with Gasteiger partial charge in [-0.05, 0) is 30.9 Å². The topological polar surface area (TPSA) is 26.3 Å². The summed E-state index contributed by atoms with van der Waals surface area (Å²) in [5.41, 5.74) is 2.09. The molecular formula is C18H24O2. The van der Waals surface area contributed by atoms with Gasteiger partial charge in [-0.25, -0.2) is 0 Å². The number of rotatable bonds is 7. The summed E-state index contributed by atoms with van der Waals surface area (Å²) < 4.78 is 5.09. The highest BCUT2D eigenvalue weighted by Crippen LogP contribution is 2.09. The first-order chi connectivity index (χ1) is 9.61. The monoisotopic (exact) mass is 272 g/mol. The maximum absolute atomic E-state index is 11.6. The first-order valence-electron chi connectivity index (χ1n) is 7.18. The van der Waals surface area contributed by atoms with E-state index in [0.717, 1.165) is 17.6 Å². The summed E-state index contributed by atoms with van der Waals surface area (Å²) in [6.07, 6.45) is 8.04. The van der Waals surface area contributed by atoms with Crippen LogP contribution in [0.1, 0.15) is 39.2 Å². The van der Waals surface area contributed by atoms with E-state index in [1.165, 1.54) is 12.7 Å². The Bertz CT molecular complexity index is 458. The summed E-state index contributed by atoms with van der Waals surface area (Å²) in [6, 6.07) is 9.60. The lowest BCUT2D eigenvalue weighted by molar-refractivity contribution is -0.137. The Labute approximate surface area is 122 Å². The van der Waals surface area contributed by atoms with Gasteiger partial charge in [-0.2, -0.15) is 0 Å². The van der Waals surface area contributed by atoms with Crippen LogP contribution in [0, 0.1) is 5.92 Å². The van der Waals surface area contributed by atoms with E-state index in [0.29, 0.717) is 12.3 Å². The van der Waals surface area contributed by atoms with Gasteiger partial charge in [0.05, 0.1) is 12.7 Å². The minimum Gasteiger partial charge on any atom is -0.434 e. The van der Waals surface area contributed by atoms with E-state index in [9.17, 15) is 4.79 Å². The molecule has 0 aliphatic rings. The summed E-state index contributed by atoms with van der Waals surface area (Å²) in [6.45, 7) is 6.44. The molecule has 20 heavy (non-hydrogen) atoms. The standard InChI is InChI=1S/C18H24O2/c1-4-15(2)10-11-16(3)12-13-20-18(19)14-17-8-6-5-7-9-17/h5-9,11-13,15H,4,10,14H2,1-3H3/b13-12+,16-11+. The molecule has 0 aliphatic carbocycles. The van der Waals surface area contributed by atoms with Crippen molar-refractivity contribution >= 4 is 5.97 Å². The second kappa shape index (κ2) is 9.13. The van der Waals surface area contributed by atoms with Crippen molar-refractivity contribution in [2.45, 2.75) is 40.0 Å². The highest BCUT2D eigenvalue weighted by atomic mass is 16.5. The first-order valence-corrected chi connectivity index (χ1v) is 7.18. The van der Waals surface area contributed by atoms with Crippen molar-refractivity contribution in [3.05, 3.63) is 59.9 Å². The van der Waals surface area contributed by atoms with Crippen LogP contribution < -0.4 is 0 Å². The number of carbonyl (C=O) groups excluding carboxylic acids is 1. The average molecular weight is 272 g/mol. The van der Waals surface area contributed by atoms with Crippen LogP contribution in [0.2, 0.25) is 0 Å². The number of carbonyl (C=O) groups is 1. The molecule has 1 aromatic rings. The molecule has 0 radical (unpaired) electrons. The predicted octanol–water partition coefficient (Wildman–Crippen LogP) is 4.67. The molecule has 0 heterocycles. The van der Waals surface area contributed by atoms with Crippen LogP contribution in [-0.2, 0) is 16.0 Å². The lowest BCUT2D eigenvalue weighted by Gasteiger charge is -2.03. The molecule has 1 unspecified atom stereocenters. The zero-order chi connectivity index (χ0) is 14.8. The molecular weight excluding hydrogens is 248 g/mol. The molecule has 1 rings (SSSR count). The van der Waals surface area contributed by atoms with Gasteiger partial charge in [0.25, 0.3) is 0 Å². The molecule has 0 spiro atoms. The second-order valence-electron chi connectivity index (χ2n) is 5.15. The molecule has 108 valence electrons. The first kappa shape index (κ1) is 16.2. The Kier molecular flexibility index (Phi) is 7.41. The Morgan fingerprint density at radius 2 is 2.00 bits per heavy atom. The van der Waals surface area contributed by atoms with Crippen molar-refractivity contribution in [1.82, 2.24) is 0 Å². The Hall–Kier alpha value is -1.83. The van der Waals surface area contributed by atoms with Crippen LogP contribution in [0.25, 0.3) is 0 Å². The van der Waals surface area contributed by atoms with Crippen molar-refractivity contribution in [1.29, 1.82) is 0 Å². The summed E-state index contributed by atoms with van der Waals surface area (Å²) in [7, 11) is 0. The maximum atomic E-state index is 11.6. The molecule has 0 saturated heterocycles. The van der Waals surface area contributed by atoms with Crippen LogP contribution in [0.15, 0.2) is 54.3 Å². The minimum absolute atomic E-state index is 0.234. The van der Waals surface area contributed by atoms with Gasteiger partial charge in [0.1, 0.15) is 0 Å². The fourth-order valence-electron chi connectivity index (χ4n) is 1.64. The molecule has 0 amide bonds. The van der Waals surface area contributed by atoms with E-state index >= 15 is 0 Å². The molecule has 0 aromatic heterocycles. The van der Waals surface area contributed by atoms with E-state index in [-0.39, 0.29) is 5.97 Å².